The number of fused-ring (bicyclic) bond motifs is 4. The van der Waals surface area contributed by atoms with Crippen molar-refractivity contribution in [3.8, 4) is 22.3 Å². The number of allylic oxidation sites excluding steroid dienone is 2. The molecule has 0 aliphatic heterocycles. The molecule has 2 heteroatoms. The van der Waals surface area contributed by atoms with Crippen LogP contribution in [0, 0.1) is 0 Å². The van der Waals surface area contributed by atoms with Crippen molar-refractivity contribution >= 4 is 40.6 Å². The van der Waals surface area contributed by atoms with Crippen LogP contribution in [0.4, 0.5) is 0 Å². The van der Waals surface area contributed by atoms with E-state index in [9.17, 15) is 0 Å². The Morgan fingerprint density at radius 2 is 0.833 bits per heavy atom. The summed E-state index contributed by atoms with van der Waals surface area (Å²) in [6.45, 7) is 12.4. The third-order valence-corrected chi connectivity index (χ3v) is 54.0. The van der Waals surface area contributed by atoms with Gasteiger partial charge >= 0.3 is 323 Å². The van der Waals surface area contributed by atoms with Crippen molar-refractivity contribution in [1.82, 2.24) is 0 Å². The van der Waals surface area contributed by atoms with Gasteiger partial charge in [0, 0.05) is 0 Å². The van der Waals surface area contributed by atoms with Crippen molar-refractivity contribution in [1.29, 1.82) is 0 Å². The summed E-state index contributed by atoms with van der Waals surface area (Å²) in [6, 6.07) is 46.4. The van der Waals surface area contributed by atoms with E-state index in [0.29, 0.717) is 7.25 Å². The monoisotopic (exact) mass is 802 g/mol. The van der Waals surface area contributed by atoms with Crippen molar-refractivity contribution in [2.24, 2.45) is 0 Å². The average Bonchev–Trinajstić information content (AvgIpc) is 3.81. The second-order valence-corrected chi connectivity index (χ2v) is 73.3. The molecule has 8 rings (SSSR count). The van der Waals surface area contributed by atoms with Crippen LogP contribution in [-0.2, 0) is 14.4 Å². The molecule has 276 valence electrons. The maximum atomic E-state index is 3.02. The molecule has 2 unspecified atom stereocenters. The summed E-state index contributed by atoms with van der Waals surface area (Å²) in [5, 5.41) is 5.32. The van der Waals surface area contributed by atoms with Crippen LogP contribution < -0.4 is 0 Å². The Morgan fingerprint density at radius 3 is 1.24 bits per heavy atom. The molecule has 6 aromatic rings. The van der Waals surface area contributed by atoms with Gasteiger partial charge < -0.3 is 0 Å². The molecule has 2 aliphatic carbocycles. The van der Waals surface area contributed by atoms with Gasteiger partial charge in [0.25, 0.3) is 0 Å². The first-order valence-electron chi connectivity index (χ1n) is 21.1. The van der Waals surface area contributed by atoms with E-state index in [1.165, 1.54) is 88.9 Å². The Balaban J connectivity index is 1.46. The van der Waals surface area contributed by atoms with Crippen molar-refractivity contribution in [2.45, 2.75) is 91.0 Å². The number of unbranched alkanes of at least 4 members (excludes halogenated alkanes) is 2. The summed E-state index contributed by atoms with van der Waals surface area (Å²) in [5.41, 5.74) is 15.1. The SMILES string of the molecule is CCC[CH2][Zr]([CH3])([CH3])(=[SiH2])([CH2]CCC)([CH]1C(CC)=Cc2c(-c3cccc4ccccc34)cccc21)[CH]1C(CC)=Cc2c(-c3cccc4ccccc34)cccc21. The third kappa shape index (κ3) is 5.37. The van der Waals surface area contributed by atoms with Gasteiger partial charge in [-0.3, -0.25) is 0 Å². The van der Waals surface area contributed by atoms with Crippen molar-refractivity contribution in [3.05, 3.63) is 155 Å². The van der Waals surface area contributed by atoms with Gasteiger partial charge in [0.2, 0.25) is 0 Å². The van der Waals surface area contributed by atoms with Gasteiger partial charge in [0.15, 0.2) is 0 Å². The molecule has 0 aromatic heterocycles. The zero-order valence-corrected chi connectivity index (χ0v) is 37.6. The second-order valence-electron chi connectivity index (χ2n) is 19.8. The van der Waals surface area contributed by atoms with Crippen molar-refractivity contribution < 1.29 is 14.4 Å². The summed E-state index contributed by atoms with van der Waals surface area (Å²) in [7, 11) is 0. The van der Waals surface area contributed by atoms with Crippen LogP contribution in [0.2, 0.25) is 17.5 Å². The summed E-state index contributed by atoms with van der Waals surface area (Å²) in [4.78, 5) is 0. The fourth-order valence-corrected chi connectivity index (χ4v) is 54.0. The van der Waals surface area contributed by atoms with Crippen molar-refractivity contribution in [2.75, 3.05) is 0 Å². The first-order valence-corrected chi connectivity index (χ1v) is 38.3. The summed E-state index contributed by atoms with van der Waals surface area (Å²) in [5.74, 6) is 0. The molecule has 0 fully saturated rings. The van der Waals surface area contributed by atoms with Gasteiger partial charge in [-0.25, -0.2) is 0 Å². The number of hydrogen-bond donors (Lipinski definition) is 0. The van der Waals surface area contributed by atoms with Crippen LogP contribution in [0.15, 0.2) is 132 Å². The topological polar surface area (TPSA) is 0 Å². The van der Waals surface area contributed by atoms with E-state index in [-0.39, 0.29) is 0 Å². The molecule has 0 radical (unpaired) electrons. The second kappa shape index (κ2) is 12.7. The van der Waals surface area contributed by atoms with Crippen molar-refractivity contribution in [3.63, 3.8) is 0 Å². The molecule has 2 aliphatic rings. The van der Waals surface area contributed by atoms with Gasteiger partial charge in [-0.05, 0) is 0 Å². The molecule has 0 heterocycles. The summed E-state index contributed by atoms with van der Waals surface area (Å²) >= 11 is -5.27. The molecule has 0 saturated heterocycles. The van der Waals surface area contributed by atoms with Crippen LogP contribution >= 0.6 is 0 Å². The third-order valence-electron chi connectivity index (χ3n) is 15.3. The van der Waals surface area contributed by atoms with E-state index in [1.54, 1.807) is 22.3 Å². The Morgan fingerprint density at radius 1 is 0.463 bits per heavy atom. The van der Waals surface area contributed by atoms with Crippen LogP contribution in [0.3, 0.4) is 0 Å². The van der Waals surface area contributed by atoms with Crippen LogP contribution in [0.1, 0.15) is 95.7 Å². The standard InChI is InChI=1S/2C21H17.2C4H9.2CH3.H2Si.Zr/c2*1-2-15-13-17-9-6-12-20(21(17)14-15)19-11-5-8-16-7-3-4-10-18(16)19;2*1-3-4-2;;;;/h2*3-14H,2H2,1H3;2*1,3-4H2,2H3;2*1H3;1H2;. The molecule has 0 bridgehead atoms. The molecule has 0 spiro atoms. The van der Waals surface area contributed by atoms with Crippen LogP contribution in [-0.4, -0.2) is 6.88 Å². The molecule has 0 saturated carbocycles. The average molecular weight is 804 g/mol. The zero-order chi connectivity index (χ0) is 37.8. The van der Waals surface area contributed by atoms with E-state index in [1.807, 2.05) is 0 Å². The van der Waals surface area contributed by atoms with Gasteiger partial charge in [-0.1, -0.05) is 0 Å². The van der Waals surface area contributed by atoms with E-state index < -0.39 is 14.4 Å². The molecular weight excluding hydrogens is 744 g/mol. The van der Waals surface area contributed by atoms with Crippen LogP contribution in [0.25, 0.3) is 56.0 Å². The fourth-order valence-electron chi connectivity index (χ4n) is 13.0. The first kappa shape index (κ1) is 37.3. The minimum atomic E-state index is -5.27. The first-order chi connectivity index (χ1) is 25.9. The number of rotatable bonds is 12. The van der Waals surface area contributed by atoms with E-state index in [0.717, 1.165) is 12.8 Å². The molecule has 6 aromatic carbocycles. The Labute approximate surface area is 320 Å². The summed E-state index contributed by atoms with van der Waals surface area (Å²) < 4.78 is 9.57. The van der Waals surface area contributed by atoms with Crippen LogP contribution in [0.5, 0.6) is 0 Å². The summed E-state index contributed by atoms with van der Waals surface area (Å²) in [6.07, 6.45) is 12.6. The van der Waals surface area contributed by atoms with Gasteiger partial charge in [-0.2, -0.15) is 0 Å². The normalized spacial score (nSPS) is 18.7. The number of hydrogen-bond acceptors (Lipinski definition) is 0. The molecule has 54 heavy (non-hydrogen) atoms. The van der Waals surface area contributed by atoms with Gasteiger partial charge in [0.05, 0.1) is 0 Å². The number of benzene rings is 6. The van der Waals surface area contributed by atoms with E-state index in [2.05, 4.69) is 177 Å². The maximum absolute atomic E-state index is 5.27. The fraction of sp³-hybridized carbons (Fsp3) is 0.308. The Kier molecular flexibility index (Phi) is 8.80. The Bertz CT molecular complexity index is 2470. The Hall–Kier alpha value is -3.58. The zero-order valence-electron chi connectivity index (χ0n) is 33.7. The van der Waals surface area contributed by atoms with E-state index >= 15 is 0 Å². The predicted octanol–water partition coefficient (Wildman–Crippen LogP) is 15.6. The molecule has 0 amide bonds. The molecular formula is C52H60SiZr. The predicted molar refractivity (Wildman–Crippen MR) is 240 cm³/mol. The van der Waals surface area contributed by atoms with Gasteiger partial charge in [-0.15, -0.1) is 0 Å². The molecule has 0 N–H and O–H groups in total. The molecule has 0 nitrogen and oxygen atoms in total. The van der Waals surface area contributed by atoms with E-state index in [4.69, 9.17) is 0 Å². The minimum absolute atomic E-state index is 0.431. The molecule has 2 atom stereocenters. The quantitative estimate of drug-likeness (QED) is 0.108. The van der Waals surface area contributed by atoms with Gasteiger partial charge in [0.1, 0.15) is 0 Å².